The van der Waals surface area contributed by atoms with Gasteiger partial charge in [0, 0.05) is 11.6 Å². The summed E-state index contributed by atoms with van der Waals surface area (Å²) in [7, 11) is 0. The number of benzene rings is 1. The Morgan fingerprint density at radius 1 is 1.14 bits per heavy atom. The number of carbonyl (C=O) groups is 2. The molecule has 1 aliphatic carbocycles. The van der Waals surface area contributed by atoms with E-state index < -0.39 is 6.03 Å². The molecule has 1 fully saturated rings. The fourth-order valence-electron chi connectivity index (χ4n) is 3.23. The summed E-state index contributed by atoms with van der Waals surface area (Å²) < 4.78 is 0. The lowest BCUT2D eigenvalue weighted by molar-refractivity contribution is 0.0230. The van der Waals surface area contributed by atoms with Crippen LogP contribution in [-0.4, -0.2) is 34.6 Å². The molecule has 8 heteroatoms. The quantitative estimate of drug-likeness (QED) is 0.347. The number of thiocarbonyl (C=S) groups is 1. The van der Waals surface area contributed by atoms with Crippen LogP contribution in [0.4, 0.5) is 4.79 Å². The molecule has 7 nitrogen and oxygen atoms in total. The van der Waals surface area contributed by atoms with Gasteiger partial charge < -0.3 is 0 Å². The van der Waals surface area contributed by atoms with Crippen LogP contribution in [0, 0.1) is 0 Å². The fourth-order valence-corrected chi connectivity index (χ4v) is 3.36. The van der Waals surface area contributed by atoms with E-state index in [0.717, 1.165) is 51.4 Å². The van der Waals surface area contributed by atoms with E-state index in [1.165, 1.54) is 4.90 Å². The molecule has 0 heterocycles. The molecule has 0 bridgehead atoms. The van der Waals surface area contributed by atoms with Crippen molar-refractivity contribution in [3.8, 4) is 0 Å². The van der Waals surface area contributed by atoms with E-state index in [1.54, 1.807) is 24.3 Å². The van der Waals surface area contributed by atoms with Crippen LogP contribution < -0.4 is 16.3 Å². The third-order valence-corrected chi connectivity index (χ3v) is 4.91. The number of nitrogens with zero attached hydrogens (tertiary/aromatic N) is 1. The van der Waals surface area contributed by atoms with Crippen LogP contribution in [0.25, 0.3) is 0 Å². The first-order valence-corrected chi connectivity index (χ1v) is 10.4. The second-order valence-electron chi connectivity index (χ2n) is 6.87. The zero-order valence-electron chi connectivity index (χ0n) is 16.4. The van der Waals surface area contributed by atoms with Crippen molar-refractivity contribution >= 4 is 29.3 Å². The Labute approximate surface area is 172 Å². The topological polar surface area (TPSA) is 82.7 Å². The van der Waals surface area contributed by atoms with Crippen LogP contribution in [0.3, 0.4) is 0 Å². The van der Waals surface area contributed by atoms with Gasteiger partial charge in [-0.3, -0.25) is 25.3 Å². The highest BCUT2D eigenvalue weighted by atomic mass is 32.1. The predicted molar refractivity (Wildman–Crippen MR) is 112 cm³/mol. The zero-order valence-corrected chi connectivity index (χ0v) is 17.2. The van der Waals surface area contributed by atoms with Crippen LogP contribution >= 0.6 is 12.2 Å². The molecule has 1 aromatic carbocycles. The summed E-state index contributed by atoms with van der Waals surface area (Å²) in [6.45, 7) is 2.66. The van der Waals surface area contributed by atoms with Gasteiger partial charge in [0.25, 0.3) is 5.91 Å². The van der Waals surface area contributed by atoms with Gasteiger partial charge in [0.1, 0.15) is 0 Å². The van der Waals surface area contributed by atoms with Crippen LogP contribution in [0.2, 0.25) is 0 Å². The molecule has 0 atom stereocenters. The SMILES string of the molecule is CCCCCONNC(=S)NC(=O)N(C(=O)c1ccccc1)C1CCCCC1. The molecule has 1 saturated carbocycles. The highest BCUT2D eigenvalue weighted by molar-refractivity contribution is 7.80. The lowest BCUT2D eigenvalue weighted by Gasteiger charge is -2.32. The van der Waals surface area contributed by atoms with E-state index >= 15 is 0 Å². The fraction of sp³-hybridized carbons (Fsp3) is 0.550. The minimum Gasteiger partial charge on any atom is -0.283 e. The van der Waals surface area contributed by atoms with Gasteiger partial charge in [-0.25, -0.2) is 4.79 Å². The van der Waals surface area contributed by atoms with Crippen molar-refractivity contribution in [1.29, 1.82) is 0 Å². The molecule has 3 amide bonds. The van der Waals surface area contributed by atoms with Gasteiger partial charge in [0.05, 0.1) is 6.61 Å². The summed E-state index contributed by atoms with van der Waals surface area (Å²) in [4.78, 5) is 32.3. The van der Waals surface area contributed by atoms with E-state index in [9.17, 15) is 9.59 Å². The van der Waals surface area contributed by atoms with E-state index in [2.05, 4.69) is 23.3 Å². The average Bonchev–Trinajstić information content (AvgIpc) is 2.72. The number of hydrogen-bond acceptors (Lipinski definition) is 5. The summed E-state index contributed by atoms with van der Waals surface area (Å²) in [5, 5.41) is 2.63. The van der Waals surface area contributed by atoms with Crippen LogP contribution in [0.5, 0.6) is 0 Å². The van der Waals surface area contributed by atoms with Crippen molar-refractivity contribution < 1.29 is 14.4 Å². The Kier molecular flexibility index (Phi) is 9.88. The summed E-state index contributed by atoms with van der Waals surface area (Å²) in [5.74, 6) is -0.309. The molecular formula is C20H30N4O3S. The zero-order chi connectivity index (χ0) is 20.2. The largest absolute Gasteiger partial charge is 0.330 e. The predicted octanol–water partition coefficient (Wildman–Crippen LogP) is 3.67. The Bertz CT molecular complexity index is 636. The molecule has 28 heavy (non-hydrogen) atoms. The second-order valence-corrected chi connectivity index (χ2v) is 7.28. The molecule has 3 N–H and O–H groups in total. The maximum absolute atomic E-state index is 13.0. The van der Waals surface area contributed by atoms with Crippen LogP contribution in [-0.2, 0) is 4.84 Å². The van der Waals surface area contributed by atoms with Gasteiger partial charge in [-0.05, 0) is 43.6 Å². The van der Waals surface area contributed by atoms with Crippen LogP contribution in [0.1, 0.15) is 68.6 Å². The molecular weight excluding hydrogens is 376 g/mol. The first-order valence-electron chi connectivity index (χ1n) is 9.99. The lowest BCUT2D eigenvalue weighted by Crippen LogP contribution is -2.55. The van der Waals surface area contributed by atoms with Gasteiger partial charge in [-0.2, -0.15) is 0 Å². The molecule has 0 saturated heterocycles. The van der Waals surface area contributed by atoms with Gasteiger partial charge in [0.2, 0.25) is 0 Å². The molecule has 0 spiro atoms. The number of nitrogens with one attached hydrogen (secondary N) is 3. The Hall–Kier alpha value is -2.03. The average molecular weight is 407 g/mol. The Balaban J connectivity index is 1.93. The number of rotatable bonds is 8. The summed E-state index contributed by atoms with van der Waals surface area (Å²) in [5.41, 5.74) is 5.62. The molecule has 2 rings (SSSR count). The number of carbonyl (C=O) groups excluding carboxylic acids is 2. The van der Waals surface area contributed by atoms with Crippen LogP contribution in [0.15, 0.2) is 30.3 Å². The maximum Gasteiger partial charge on any atom is 0.330 e. The summed E-state index contributed by atoms with van der Waals surface area (Å²) in [6, 6.07) is 8.20. The highest BCUT2D eigenvalue weighted by Gasteiger charge is 2.32. The third-order valence-electron chi connectivity index (χ3n) is 4.71. The van der Waals surface area contributed by atoms with Gasteiger partial charge >= 0.3 is 6.03 Å². The van der Waals surface area contributed by atoms with Gasteiger partial charge in [-0.15, -0.1) is 5.59 Å². The smallest absolute Gasteiger partial charge is 0.283 e. The van der Waals surface area contributed by atoms with Crippen molar-refractivity contribution in [3.63, 3.8) is 0 Å². The number of imide groups is 1. The van der Waals surface area contributed by atoms with Crippen molar-refractivity contribution in [1.82, 2.24) is 21.2 Å². The third kappa shape index (κ3) is 7.18. The van der Waals surface area contributed by atoms with E-state index in [4.69, 9.17) is 17.1 Å². The van der Waals surface area contributed by atoms with Crippen molar-refractivity contribution in [3.05, 3.63) is 35.9 Å². The van der Waals surface area contributed by atoms with Gasteiger partial charge in [0.15, 0.2) is 5.11 Å². The standard InChI is InChI=1S/C20H30N4O3S/c1-2-3-10-15-27-23-22-19(28)21-20(26)24(17-13-8-5-9-14-17)18(25)16-11-6-4-7-12-16/h4,6-7,11-12,17,23H,2-3,5,8-10,13-15H2,1H3,(H2,21,22,26,28). The number of hydrazine groups is 1. The molecule has 0 aliphatic heterocycles. The monoisotopic (exact) mass is 406 g/mol. The lowest BCUT2D eigenvalue weighted by atomic mass is 9.94. The van der Waals surface area contributed by atoms with Gasteiger partial charge in [-0.1, -0.05) is 57.2 Å². The van der Waals surface area contributed by atoms with Crippen molar-refractivity contribution in [2.45, 2.75) is 64.3 Å². The molecule has 1 aliphatic rings. The molecule has 1 aromatic rings. The molecule has 0 unspecified atom stereocenters. The van der Waals surface area contributed by atoms with Crippen molar-refractivity contribution in [2.24, 2.45) is 0 Å². The maximum atomic E-state index is 13.0. The number of unbranched alkanes of at least 4 members (excludes halogenated alkanes) is 2. The minimum atomic E-state index is -0.522. The van der Waals surface area contributed by atoms with E-state index in [-0.39, 0.29) is 17.1 Å². The van der Waals surface area contributed by atoms with E-state index in [0.29, 0.717) is 12.2 Å². The summed E-state index contributed by atoms with van der Waals surface area (Å²) >= 11 is 5.13. The minimum absolute atomic E-state index is 0.0576. The first-order chi connectivity index (χ1) is 13.6. The number of urea groups is 1. The molecule has 154 valence electrons. The normalized spacial score (nSPS) is 14.3. The van der Waals surface area contributed by atoms with Crippen molar-refractivity contribution in [2.75, 3.05) is 6.61 Å². The Morgan fingerprint density at radius 2 is 1.86 bits per heavy atom. The molecule has 0 radical (unpaired) electrons. The Morgan fingerprint density at radius 3 is 2.54 bits per heavy atom. The number of hydrogen-bond donors (Lipinski definition) is 3. The van der Waals surface area contributed by atoms with E-state index in [1.807, 2.05) is 6.07 Å². The molecule has 0 aromatic heterocycles. The highest BCUT2D eigenvalue weighted by Crippen LogP contribution is 2.24. The summed E-state index contributed by atoms with van der Waals surface area (Å²) in [6.07, 6.45) is 7.89. The number of amides is 3. The first kappa shape index (κ1) is 22.3. The second kappa shape index (κ2) is 12.4.